The van der Waals surface area contributed by atoms with Gasteiger partial charge in [-0.1, -0.05) is 6.07 Å². The highest BCUT2D eigenvalue weighted by Crippen LogP contribution is 2.15. The number of nitrogens with one attached hydrogen (secondary N) is 1. The van der Waals surface area contributed by atoms with Crippen LogP contribution >= 0.6 is 0 Å². The number of aromatic amines is 1. The van der Waals surface area contributed by atoms with E-state index >= 15 is 0 Å². The minimum Gasteiger partial charge on any atom is -0.310 e. The number of hydrogen-bond donors (Lipinski definition) is 1. The molecule has 0 radical (unpaired) electrons. The third-order valence-corrected chi connectivity index (χ3v) is 2.52. The van der Waals surface area contributed by atoms with E-state index in [1.165, 1.54) is 0 Å². The highest BCUT2D eigenvalue weighted by Gasteiger charge is 2.05. The Morgan fingerprint density at radius 2 is 1.93 bits per heavy atom. The highest BCUT2D eigenvalue weighted by atomic mass is 16.1. The number of hydrogen-bond acceptors (Lipinski definition) is 2. The molecule has 0 aliphatic heterocycles. The van der Waals surface area contributed by atoms with E-state index in [4.69, 9.17) is 0 Å². The zero-order valence-corrected chi connectivity index (χ0v) is 8.51. The van der Waals surface area contributed by atoms with Gasteiger partial charge in [0.1, 0.15) is 5.82 Å². The lowest BCUT2D eigenvalue weighted by Crippen LogP contribution is -2.11. The summed E-state index contributed by atoms with van der Waals surface area (Å²) in [6.45, 7) is 5.73. The third-order valence-electron chi connectivity index (χ3n) is 2.52. The molecule has 0 amide bonds. The molecule has 0 aliphatic carbocycles. The van der Waals surface area contributed by atoms with Crippen molar-refractivity contribution in [3.8, 4) is 0 Å². The van der Waals surface area contributed by atoms with Gasteiger partial charge in [0.25, 0.3) is 5.56 Å². The largest absolute Gasteiger partial charge is 0.310 e. The Labute approximate surface area is 81.8 Å². The monoisotopic (exact) mass is 188 g/mol. The fraction of sp³-hybridized carbons (Fsp3) is 0.273. The maximum absolute atomic E-state index is 11.7. The first kappa shape index (κ1) is 8.94. The van der Waals surface area contributed by atoms with Crippen molar-refractivity contribution in [3.05, 3.63) is 39.4 Å². The first-order chi connectivity index (χ1) is 6.59. The Morgan fingerprint density at radius 3 is 2.64 bits per heavy atom. The summed E-state index contributed by atoms with van der Waals surface area (Å²) in [7, 11) is 0. The lowest BCUT2D eigenvalue weighted by atomic mass is 10.1. The molecule has 1 aromatic carbocycles. The quantitative estimate of drug-likeness (QED) is 0.685. The number of aromatic nitrogens is 2. The molecule has 1 aromatic heterocycles. The van der Waals surface area contributed by atoms with Gasteiger partial charge in [-0.15, -0.1) is 0 Å². The molecule has 1 heterocycles. The van der Waals surface area contributed by atoms with Crippen molar-refractivity contribution in [2.24, 2.45) is 0 Å². The summed E-state index contributed by atoms with van der Waals surface area (Å²) >= 11 is 0. The van der Waals surface area contributed by atoms with Gasteiger partial charge in [-0.05, 0) is 38.0 Å². The highest BCUT2D eigenvalue weighted by molar-refractivity contribution is 5.82. The van der Waals surface area contributed by atoms with Crippen LogP contribution in [0.15, 0.2) is 16.9 Å². The fourth-order valence-electron chi connectivity index (χ4n) is 1.62. The fourth-order valence-corrected chi connectivity index (χ4v) is 1.62. The summed E-state index contributed by atoms with van der Waals surface area (Å²) in [5.41, 5.74) is 2.85. The molecule has 72 valence electrons. The van der Waals surface area contributed by atoms with Crippen LogP contribution in [0.4, 0.5) is 0 Å². The van der Waals surface area contributed by atoms with Gasteiger partial charge in [-0.2, -0.15) is 0 Å². The van der Waals surface area contributed by atoms with Crippen LogP contribution in [-0.2, 0) is 0 Å². The summed E-state index contributed by atoms with van der Waals surface area (Å²) in [4.78, 5) is 18.7. The van der Waals surface area contributed by atoms with Crippen molar-refractivity contribution in [1.29, 1.82) is 0 Å². The average molecular weight is 188 g/mol. The van der Waals surface area contributed by atoms with E-state index < -0.39 is 0 Å². The smallest absolute Gasteiger partial charge is 0.259 e. The summed E-state index contributed by atoms with van der Waals surface area (Å²) in [5.74, 6) is 0.658. The van der Waals surface area contributed by atoms with E-state index in [0.717, 1.165) is 16.6 Å². The summed E-state index contributed by atoms with van der Waals surface area (Å²) < 4.78 is 0. The second-order valence-corrected chi connectivity index (χ2v) is 3.55. The van der Waals surface area contributed by atoms with Gasteiger partial charge in [-0.3, -0.25) is 4.79 Å². The van der Waals surface area contributed by atoms with Gasteiger partial charge in [0.05, 0.1) is 10.9 Å². The van der Waals surface area contributed by atoms with Crippen LogP contribution in [0.5, 0.6) is 0 Å². The maximum Gasteiger partial charge on any atom is 0.259 e. The maximum atomic E-state index is 11.7. The van der Waals surface area contributed by atoms with Crippen LogP contribution in [-0.4, -0.2) is 9.97 Å². The van der Waals surface area contributed by atoms with Gasteiger partial charge in [0, 0.05) is 0 Å². The molecular weight excluding hydrogens is 176 g/mol. The van der Waals surface area contributed by atoms with Crippen LogP contribution in [0.1, 0.15) is 17.0 Å². The van der Waals surface area contributed by atoms with Gasteiger partial charge < -0.3 is 4.98 Å². The first-order valence-corrected chi connectivity index (χ1v) is 4.56. The zero-order chi connectivity index (χ0) is 10.3. The number of aryl methyl sites for hydroxylation is 3. The van der Waals surface area contributed by atoms with E-state index in [-0.39, 0.29) is 5.56 Å². The number of fused-ring (bicyclic) bond motifs is 1. The molecule has 2 rings (SSSR count). The lowest BCUT2D eigenvalue weighted by Gasteiger charge is -2.04. The van der Waals surface area contributed by atoms with E-state index in [1.807, 2.05) is 26.0 Å². The number of rotatable bonds is 0. The molecule has 0 saturated carbocycles. The Bertz CT molecular complexity index is 555. The van der Waals surface area contributed by atoms with Crippen LogP contribution in [0.3, 0.4) is 0 Å². The van der Waals surface area contributed by atoms with Crippen LogP contribution in [0, 0.1) is 20.8 Å². The topological polar surface area (TPSA) is 45.8 Å². The van der Waals surface area contributed by atoms with E-state index in [9.17, 15) is 4.79 Å². The molecule has 0 atom stereocenters. The van der Waals surface area contributed by atoms with Crippen LogP contribution in [0.25, 0.3) is 10.9 Å². The Morgan fingerprint density at radius 1 is 1.21 bits per heavy atom. The minimum atomic E-state index is -0.0475. The molecule has 3 heteroatoms. The summed E-state index contributed by atoms with van der Waals surface area (Å²) in [6, 6.07) is 3.88. The molecule has 14 heavy (non-hydrogen) atoms. The van der Waals surface area contributed by atoms with Crippen molar-refractivity contribution in [2.45, 2.75) is 20.8 Å². The van der Waals surface area contributed by atoms with E-state index in [1.54, 1.807) is 6.92 Å². The van der Waals surface area contributed by atoms with Gasteiger partial charge in [0.2, 0.25) is 0 Å². The summed E-state index contributed by atoms with van der Waals surface area (Å²) in [5, 5.41) is 0.704. The SMILES string of the molecule is Cc1nc2ccc(C)c(C)c2c(=O)[nH]1. The molecule has 0 bridgehead atoms. The first-order valence-electron chi connectivity index (χ1n) is 4.56. The normalized spacial score (nSPS) is 10.8. The Kier molecular flexibility index (Phi) is 1.88. The third kappa shape index (κ3) is 1.21. The molecule has 0 spiro atoms. The van der Waals surface area contributed by atoms with Gasteiger partial charge >= 0.3 is 0 Å². The average Bonchev–Trinajstić information content (AvgIpc) is 2.10. The van der Waals surface area contributed by atoms with Crippen molar-refractivity contribution in [3.63, 3.8) is 0 Å². The molecule has 0 fully saturated rings. The van der Waals surface area contributed by atoms with Crippen molar-refractivity contribution >= 4 is 10.9 Å². The zero-order valence-electron chi connectivity index (χ0n) is 8.51. The lowest BCUT2D eigenvalue weighted by molar-refractivity contribution is 1.05. The number of H-pyrrole nitrogens is 1. The second kappa shape index (κ2) is 2.94. The van der Waals surface area contributed by atoms with Crippen LogP contribution < -0.4 is 5.56 Å². The van der Waals surface area contributed by atoms with Gasteiger partial charge in [0.15, 0.2) is 0 Å². The molecule has 0 aliphatic rings. The molecule has 2 aromatic rings. The molecular formula is C11H12N2O. The Hall–Kier alpha value is -1.64. The number of benzene rings is 1. The van der Waals surface area contributed by atoms with Crippen molar-refractivity contribution in [1.82, 2.24) is 9.97 Å². The molecule has 0 unspecified atom stereocenters. The van der Waals surface area contributed by atoms with E-state index in [0.29, 0.717) is 11.2 Å². The predicted octanol–water partition coefficient (Wildman–Crippen LogP) is 1.85. The molecule has 0 saturated heterocycles. The second-order valence-electron chi connectivity index (χ2n) is 3.55. The van der Waals surface area contributed by atoms with Crippen molar-refractivity contribution in [2.75, 3.05) is 0 Å². The minimum absolute atomic E-state index is 0.0475. The predicted molar refractivity (Wildman–Crippen MR) is 56.6 cm³/mol. The Balaban J connectivity index is 3.03. The van der Waals surface area contributed by atoms with Gasteiger partial charge in [-0.25, -0.2) is 4.98 Å². The number of nitrogens with zero attached hydrogens (tertiary/aromatic N) is 1. The summed E-state index contributed by atoms with van der Waals surface area (Å²) in [6.07, 6.45) is 0. The van der Waals surface area contributed by atoms with Crippen molar-refractivity contribution < 1.29 is 0 Å². The van der Waals surface area contributed by atoms with Crippen LogP contribution in [0.2, 0.25) is 0 Å². The molecule has 3 nitrogen and oxygen atoms in total. The standard InChI is InChI=1S/C11H12N2O/c1-6-4-5-9-10(7(6)2)11(14)13-8(3)12-9/h4-5H,1-3H3,(H,12,13,14). The molecule has 1 N–H and O–H groups in total. The van der Waals surface area contributed by atoms with E-state index in [2.05, 4.69) is 9.97 Å².